The molecule has 17 heavy (non-hydrogen) atoms. The van der Waals surface area contributed by atoms with Crippen LogP contribution in [-0.2, 0) is 4.79 Å². The average molecular weight is 260 g/mol. The molecule has 0 radical (unpaired) electrons. The zero-order chi connectivity index (χ0) is 12.8. The first-order valence-electron chi connectivity index (χ1n) is 5.46. The van der Waals surface area contributed by atoms with Gasteiger partial charge in [0.15, 0.2) is 0 Å². The van der Waals surface area contributed by atoms with Gasteiger partial charge in [0.05, 0.1) is 11.4 Å². The van der Waals surface area contributed by atoms with Crippen molar-refractivity contribution in [3.05, 3.63) is 29.0 Å². The molecule has 94 valence electrons. The van der Waals surface area contributed by atoms with Gasteiger partial charge in [0.1, 0.15) is 5.82 Å². The SMILES string of the molecule is CCCN(CCC(=O)O)c1ccc(F)c(Cl)c1. The molecule has 1 N–H and O–H groups in total. The predicted molar refractivity (Wildman–Crippen MR) is 66.2 cm³/mol. The van der Waals surface area contributed by atoms with Gasteiger partial charge in [-0.1, -0.05) is 18.5 Å². The van der Waals surface area contributed by atoms with Gasteiger partial charge in [-0.05, 0) is 24.6 Å². The molecule has 0 fully saturated rings. The first-order valence-corrected chi connectivity index (χ1v) is 5.84. The highest BCUT2D eigenvalue weighted by Crippen LogP contribution is 2.23. The van der Waals surface area contributed by atoms with Crippen LogP contribution in [0.25, 0.3) is 0 Å². The Morgan fingerprint density at radius 2 is 2.18 bits per heavy atom. The smallest absolute Gasteiger partial charge is 0.305 e. The van der Waals surface area contributed by atoms with E-state index in [2.05, 4.69) is 0 Å². The summed E-state index contributed by atoms with van der Waals surface area (Å²) < 4.78 is 13.0. The topological polar surface area (TPSA) is 40.5 Å². The lowest BCUT2D eigenvalue weighted by molar-refractivity contribution is -0.136. The molecule has 0 amide bonds. The van der Waals surface area contributed by atoms with E-state index in [-0.39, 0.29) is 11.4 Å². The van der Waals surface area contributed by atoms with E-state index in [1.807, 2.05) is 11.8 Å². The van der Waals surface area contributed by atoms with E-state index in [1.54, 1.807) is 6.07 Å². The molecule has 1 rings (SSSR count). The average Bonchev–Trinajstić information content (AvgIpc) is 2.28. The second kappa shape index (κ2) is 6.45. The van der Waals surface area contributed by atoms with E-state index < -0.39 is 11.8 Å². The fourth-order valence-electron chi connectivity index (χ4n) is 1.55. The third-order valence-corrected chi connectivity index (χ3v) is 2.65. The van der Waals surface area contributed by atoms with Crippen LogP contribution >= 0.6 is 11.6 Å². The minimum atomic E-state index is -0.848. The van der Waals surface area contributed by atoms with Crippen LogP contribution in [0, 0.1) is 5.82 Å². The Labute approximate surface area is 105 Å². The molecule has 0 saturated heterocycles. The van der Waals surface area contributed by atoms with E-state index in [0.717, 1.165) is 18.7 Å². The quantitative estimate of drug-likeness (QED) is 0.853. The number of hydrogen-bond acceptors (Lipinski definition) is 2. The van der Waals surface area contributed by atoms with Gasteiger partial charge in [0.2, 0.25) is 0 Å². The van der Waals surface area contributed by atoms with Gasteiger partial charge in [0, 0.05) is 18.8 Å². The highest BCUT2D eigenvalue weighted by molar-refractivity contribution is 6.31. The Morgan fingerprint density at radius 1 is 1.47 bits per heavy atom. The predicted octanol–water partition coefficient (Wildman–Crippen LogP) is 3.17. The van der Waals surface area contributed by atoms with Crippen LogP contribution in [0.4, 0.5) is 10.1 Å². The zero-order valence-electron chi connectivity index (χ0n) is 9.62. The van der Waals surface area contributed by atoms with Crippen molar-refractivity contribution in [3.63, 3.8) is 0 Å². The number of carboxylic acids is 1. The lowest BCUT2D eigenvalue weighted by Gasteiger charge is -2.23. The van der Waals surface area contributed by atoms with Crippen LogP contribution in [0.3, 0.4) is 0 Å². The summed E-state index contributed by atoms with van der Waals surface area (Å²) in [6.45, 7) is 3.11. The molecular formula is C12H15ClFNO2. The second-order valence-electron chi connectivity index (χ2n) is 3.73. The second-order valence-corrected chi connectivity index (χ2v) is 4.14. The number of anilines is 1. The van der Waals surface area contributed by atoms with Crippen LogP contribution in [0.15, 0.2) is 18.2 Å². The van der Waals surface area contributed by atoms with Gasteiger partial charge in [0.25, 0.3) is 0 Å². The van der Waals surface area contributed by atoms with E-state index in [1.165, 1.54) is 12.1 Å². The van der Waals surface area contributed by atoms with Crippen LogP contribution in [0.2, 0.25) is 5.02 Å². The molecule has 0 bridgehead atoms. The van der Waals surface area contributed by atoms with E-state index in [0.29, 0.717) is 6.54 Å². The maximum atomic E-state index is 13.0. The summed E-state index contributed by atoms with van der Waals surface area (Å²) in [5, 5.41) is 8.72. The molecule has 0 saturated carbocycles. The van der Waals surface area contributed by atoms with Crippen molar-refractivity contribution in [3.8, 4) is 0 Å². The number of nitrogens with zero attached hydrogens (tertiary/aromatic N) is 1. The Kier molecular flexibility index (Phi) is 5.22. The van der Waals surface area contributed by atoms with Crippen LogP contribution in [0.1, 0.15) is 19.8 Å². The lowest BCUT2D eigenvalue weighted by atomic mass is 10.2. The minimum absolute atomic E-state index is 0.0506. The van der Waals surface area contributed by atoms with Crippen LogP contribution in [-0.4, -0.2) is 24.2 Å². The lowest BCUT2D eigenvalue weighted by Crippen LogP contribution is -2.26. The summed E-state index contributed by atoms with van der Waals surface area (Å²) in [5.74, 6) is -1.32. The van der Waals surface area contributed by atoms with Crippen molar-refractivity contribution in [2.75, 3.05) is 18.0 Å². The summed E-state index contributed by atoms with van der Waals surface area (Å²) in [6.07, 6.45) is 0.934. The first kappa shape index (κ1) is 13.8. The van der Waals surface area contributed by atoms with Gasteiger partial charge in [-0.3, -0.25) is 4.79 Å². The minimum Gasteiger partial charge on any atom is -0.481 e. The maximum absolute atomic E-state index is 13.0. The van der Waals surface area contributed by atoms with Gasteiger partial charge in [-0.15, -0.1) is 0 Å². The molecule has 0 heterocycles. The molecular weight excluding hydrogens is 245 g/mol. The number of hydrogen-bond donors (Lipinski definition) is 1. The number of rotatable bonds is 6. The Bertz CT molecular complexity index is 398. The van der Waals surface area contributed by atoms with Crippen molar-refractivity contribution in [1.29, 1.82) is 0 Å². The molecule has 0 spiro atoms. The molecule has 1 aromatic rings. The highest BCUT2D eigenvalue weighted by Gasteiger charge is 2.09. The van der Waals surface area contributed by atoms with Crippen molar-refractivity contribution in [1.82, 2.24) is 0 Å². The monoisotopic (exact) mass is 259 g/mol. The summed E-state index contributed by atoms with van der Waals surface area (Å²) >= 11 is 5.70. The van der Waals surface area contributed by atoms with Crippen molar-refractivity contribution in [2.24, 2.45) is 0 Å². The molecule has 1 aromatic carbocycles. The standard InChI is InChI=1S/C12H15ClFNO2/c1-2-6-15(7-5-12(16)17)9-3-4-11(14)10(13)8-9/h3-4,8H,2,5-7H2,1H3,(H,16,17). The van der Waals surface area contributed by atoms with Gasteiger partial charge < -0.3 is 10.0 Å². The van der Waals surface area contributed by atoms with E-state index in [4.69, 9.17) is 16.7 Å². The van der Waals surface area contributed by atoms with E-state index in [9.17, 15) is 9.18 Å². The molecule has 0 unspecified atom stereocenters. The van der Waals surface area contributed by atoms with Crippen LogP contribution < -0.4 is 4.90 Å². The van der Waals surface area contributed by atoms with E-state index >= 15 is 0 Å². The van der Waals surface area contributed by atoms with Crippen molar-refractivity contribution < 1.29 is 14.3 Å². The molecule has 5 heteroatoms. The number of carbonyl (C=O) groups is 1. The fraction of sp³-hybridized carbons (Fsp3) is 0.417. The third kappa shape index (κ3) is 4.23. The zero-order valence-corrected chi connectivity index (χ0v) is 10.4. The third-order valence-electron chi connectivity index (χ3n) is 2.36. The van der Waals surface area contributed by atoms with Crippen molar-refractivity contribution >= 4 is 23.3 Å². The number of carboxylic acid groups (broad SMARTS) is 1. The Morgan fingerprint density at radius 3 is 2.71 bits per heavy atom. The first-order chi connectivity index (χ1) is 8.04. The fourth-order valence-corrected chi connectivity index (χ4v) is 1.73. The summed E-state index contributed by atoms with van der Waals surface area (Å²) in [4.78, 5) is 12.4. The molecule has 0 aliphatic heterocycles. The van der Waals surface area contributed by atoms with Gasteiger partial charge >= 0.3 is 5.97 Å². The largest absolute Gasteiger partial charge is 0.481 e. The molecule has 0 aromatic heterocycles. The van der Waals surface area contributed by atoms with Gasteiger partial charge in [-0.25, -0.2) is 4.39 Å². The maximum Gasteiger partial charge on any atom is 0.305 e. The van der Waals surface area contributed by atoms with Crippen molar-refractivity contribution in [2.45, 2.75) is 19.8 Å². The molecule has 0 aliphatic carbocycles. The molecule has 0 atom stereocenters. The number of aliphatic carboxylic acids is 1. The number of benzene rings is 1. The summed E-state index contributed by atoms with van der Waals surface area (Å²) in [5.41, 5.74) is 0.750. The highest BCUT2D eigenvalue weighted by atomic mass is 35.5. The molecule has 0 aliphatic rings. The number of halogens is 2. The summed E-state index contributed by atoms with van der Waals surface area (Å²) in [7, 11) is 0. The summed E-state index contributed by atoms with van der Waals surface area (Å²) in [6, 6.07) is 4.42. The Balaban J connectivity index is 2.81. The molecule has 3 nitrogen and oxygen atoms in total. The van der Waals surface area contributed by atoms with Crippen LogP contribution in [0.5, 0.6) is 0 Å². The Hall–Kier alpha value is -1.29. The normalized spacial score (nSPS) is 10.3. The van der Waals surface area contributed by atoms with Gasteiger partial charge in [-0.2, -0.15) is 0 Å².